The molecule has 0 unspecified atom stereocenters. The molecule has 0 amide bonds. The van der Waals surface area contributed by atoms with Gasteiger partial charge < -0.3 is 13.9 Å². The van der Waals surface area contributed by atoms with E-state index >= 15 is 0 Å². The summed E-state index contributed by atoms with van der Waals surface area (Å²) < 4.78 is 17.1. The molecule has 0 radical (unpaired) electrons. The van der Waals surface area contributed by atoms with Gasteiger partial charge in [0.15, 0.2) is 0 Å². The Kier molecular flexibility index (Phi) is 4.04. The number of para-hydroxylation sites is 2. The van der Waals surface area contributed by atoms with E-state index in [0.29, 0.717) is 24.0 Å². The topological polar surface area (TPSA) is 57.4 Å². The highest BCUT2D eigenvalue weighted by atomic mass is 16.5. The van der Waals surface area contributed by atoms with E-state index in [9.17, 15) is 0 Å². The minimum Gasteiger partial charge on any atom is -0.496 e. The van der Waals surface area contributed by atoms with Crippen LogP contribution in [0.25, 0.3) is 22.7 Å². The standard InChI is InChI=1S/C20H16N2O3/c1-23-17-10-4-2-7-14(17)13-24-18-11-5-3-8-15(18)19-22-16-9-6-12-21-20(16)25-19/h2-12H,13H2,1H3. The first-order valence-electron chi connectivity index (χ1n) is 7.91. The predicted molar refractivity (Wildman–Crippen MR) is 94.6 cm³/mol. The van der Waals surface area contributed by atoms with Gasteiger partial charge in [0, 0.05) is 11.8 Å². The van der Waals surface area contributed by atoms with Gasteiger partial charge in [0.1, 0.15) is 23.6 Å². The number of pyridine rings is 1. The van der Waals surface area contributed by atoms with Crippen LogP contribution in [0, 0.1) is 0 Å². The third kappa shape index (κ3) is 3.04. The maximum absolute atomic E-state index is 6.02. The van der Waals surface area contributed by atoms with Crippen LogP contribution < -0.4 is 9.47 Å². The lowest BCUT2D eigenvalue weighted by Gasteiger charge is -2.11. The summed E-state index contributed by atoms with van der Waals surface area (Å²) in [6, 6.07) is 19.1. The summed E-state index contributed by atoms with van der Waals surface area (Å²) in [5.74, 6) is 1.98. The molecule has 0 aliphatic heterocycles. The van der Waals surface area contributed by atoms with Crippen LogP contribution in [0.4, 0.5) is 0 Å². The highest BCUT2D eigenvalue weighted by Crippen LogP contribution is 2.32. The van der Waals surface area contributed by atoms with E-state index in [1.54, 1.807) is 13.3 Å². The van der Waals surface area contributed by atoms with Gasteiger partial charge >= 0.3 is 0 Å². The molecule has 2 aromatic heterocycles. The quantitative estimate of drug-likeness (QED) is 0.539. The van der Waals surface area contributed by atoms with Crippen molar-refractivity contribution < 1.29 is 13.9 Å². The van der Waals surface area contributed by atoms with Crippen molar-refractivity contribution in [1.82, 2.24) is 9.97 Å². The second kappa shape index (κ2) is 6.65. The van der Waals surface area contributed by atoms with Crippen LogP contribution in [0.15, 0.2) is 71.3 Å². The first-order valence-corrected chi connectivity index (χ1v) is 7.91. The lowest BCUT2D eigenvalue weighted by atomic mass is 10.2. The van der Waals surface area contributed by atoms with Crippen LogP contribution in [0.5, 0.6) is 11.5 Å². The van der Waals surface area contributed by atoms with Gasteiger partial charge in [0.25, 0.3) is 0 Å². The normalized spacial score (nSPS) is 10.8. The molecule has 2 heterocycles. The molecule has 0 spiro atoms. The molecule has 0 saturated carbocycles. The third-order valence-electron chi connectivity index (χ3n) is 3.86. The van der Waals surface area contributed by atoms with E-state index in [2.05, 4.69) is 9.97 Å². The Labute approximate surface area is 144 Å². The van der Waals surface area contributed by atoms with Gasteiger partial charge in [0.2, 0.25) is 11.6 Å². The maximum atomic E-state index is 6.02. The molecule has 25 heavy (non-hydrogen) atoms. The van der Waals surface area contributed by atoms with Crippen molar-refractivity contribution in [3.63, 3.8) is 0 Å². The number of rotatable bonds is 5. The summed E-state index contributed by atoms with van der Waals surface area (Å²) in [5.41, 5.74) is 2.99. The van der Waals surface area contributed by atoms with Crippen LogP contribution >= 0.6 is 0 Å². The Morgan fingerprint density at radius 2 is 1.72 bits per heavy atom. The smallest absolute Gasteiger partial charge is 0.247 e. The van der Waals surface area contributed by atoms with Gasteiger partial charge in [-0.25, -0.2) is 9.97 Å². The molecule has 0 N–H and O–H groups in total. The highest BCUT2D eigenvalue weighted by molar-refractivity contribution is 5.74. The number of oxazole rings is 1. The van der Waals surface area contributed by atoms with Crippen molar-refractivity contribution in [3.8, 4) is 23.0 Å². The fourth-order valence-corrected chi connectivity index (χ4v) is 2.63. The lowest BCUT2D eigenvalue weighted by molar-refractivity contribution is 0.297. The van der Waals surface area contributed by atoms with Gasteiger partial charge in [-0.2, -0.15) is 0 Å². The Morgan fingerprint density at radius 1 is 0.920 bits per heavy atom. The fraction of sp³-hybridized carbons (Fsp3) is 0.100. The zero-order valence-corrected chi connectivity index (χ0v) is 13.7. The summed E-state index contributed by atoms with van der Waals surface area (Å²) >= 11 is 0. The number of nitrogens with zero attached hydrogens (tertiary/aromatic N) is 2. The fourth-order valence-electron chi connectivity index (χ4n) is 2.63. The molecule has 124 valence electrons. The molecule has 4 aromatic rings. The summed E-state index contributed by atoms with van der Waals surface area (Å²) in [5, 5.41) is 0. The molecular weight excluding hydrogens is 316 g/mol. The second-order valence-corrected chi connectivity index (χ2v) is 5.44. The van der Waals surface area contributed by atoms with Gasteiger partial charge in [-0.3, -0.25) is 0 Å². The van der Waals surface area contributed by atoms with Crippen molar-refractivity contribution >= 4 is 11.2 Å². The van der Waals surface area contributed by atoms with E-state index in [0.717, 1.165) is 22.4 Å². The molecule has 0 bridgehead atoms. The number of hydrogen-bond donors (Lipinski definition) is 0. The van der Waals surface area contributed by atoms with E-state index < -0.39 is 0 Å². The van der Waals surface area contributed by atoms with Crippen LogP contribution in [0.2, 0.25) is 0 Å². The lowest BCUT2D eigenvalue weighted by Crippen LogP contribution is -1.99. The molecule has 2 aromatic carbocycles. The summed E-state index contributed by atoms with van der Waals surface area (Å²) in [6.45, 7) is 0.388. The number of fused-ring (bicyclic) bond motifs is 1. The predicted octanol–water partition coefficient (Wildman–Crippen LogP) is 4.48. The Balaban J connectivity index is 1.65. The van der Waals surface area contributed by atoms with Gasteiger partial charge in [-0.15, -0.1) is 0 Å². The van der Waals surface area contributed by atoms with Crippen LogP contribution in [0.3, 0.4) is 0 Å². The number of hydrogen-bond acceptors (Lipinski definition) is 5. The molecule has 4 rings (SSSR count). The first kappa shape index (κ1) is 15.2. The van der Waals surface area contributed by atoms with Crippen molar-refractivity contribution in [2.45, 2.75) is 6.61 Å². The average molecular weight is 332 g/mol. The Hall–Kier alpha value is -3.34. The first-order chi connectivity index (χ1) is 12.3. The Bertz CT molecular complexity index is 977. The number of benzene rings is 2. The van der Waals surface area contributed by atoms with Crippen LogP contribution in [0.1, 0.15) is 5.56 Å². The maximum Gasteiger partial charge on any atom is 0.247 e. The summed E-state index contributed by atoms with van der Waals surface area (Å²) in [7, 11) is 1.65. The average Bonchev–Trinajstić information content (AvgIpc) is 3.11. The third-order valence-corrected chi connectivity index (χ3v) is 3.86. The zero-order valence-electron chi connectivity index (χ0n) is 13.7. The van der Waals surface area contributed by atoms with Crippen LogP contribution in [-0.2, 0) is 6.61 Å². The summed E-state index contributed by atoms with van der Waals surface area (Å²) in [4.78, 5) is 8.69. The van der Waals surface area contributed by atoms with Gasteiger partial charge in [-0.05, 0) is 30.3 Å². The van der Waals surface area contributed by atoms with Crippen molar-refractivity contribution in [2.24, 2.45) is 0 Å². The molecule has 5 heteroatoms. The molecule has 5 nitrogen and oxygen atoms in total. The molecular formula is C20H16N2O3. The van der Waals surface area contributed by atoms with E-state index in [1.807, 2.05) is 60.7 Å². The van der Waals surface area contributed by atoms with Crippen molar-refractivity contribution in [2.75, 3.05) is 7.11 Å². The van der Waals surface area contributed by atoms with Crippen LogP contribution in [-0.4, -0.2) is 17.1 Å². The minimum atomic E-state index is 0.388. The summed E-state index contributed by atoms with van der Waals surface area (Å²) in [6.07, 6.45) is 1.68. The molecule has 0 aliphatic rings. The largest absolute Gasteiger partial charge is 0.496 e. The SMILES string of the molecule is COc1ccccc1COc1ccccc1-c1nc2cccnc2o1. The van der Waals surface area contributed by atoms with E-state index in [1.165, 1.54) is 0 Å². The Morgan fingerprint density at radius 3 is 2.56 bits per heavy atom. The van der Waals surface area contributed by atoms with Crippen molar-refractivity contribution in [3.05, 3.63) is 72.4 Å². The monoisotopic (exact) mass is 332 g/mol. The molecule has 0 saturated heterocycles. The zero-order chi connectivity index (χ0) is 17.1. The number of aromatic nitrogens is 2. The van der Waals surface area contributed by atoms with E-state index in [-0.39, 0.29) is 0 Å². The second-order valence-electron chi connectivity index (χ2n) is 5.44. The molecule has 0 atom stereocenters. The number of methoxy groups -OCH3 is 1. The van der Waals surface area contributed by atoms with Gasteiger partial charge in [0.05, 0.1) is 12.7 Å². The number of ether oxygens (including phenoxy) is 2. The molecule has 0 aliphatic carbocycles. The minimum absolute atomic E-state index is 0.388. The van der Waals surface area contributed by atoms with E-state index in [4.69, 9.17) is 13.9 Å². The van der Waals surface area contributed by atoms with Gasteiger partial charge in [-0.1, -0.05) is 30.3 Å². The highest BCUT2D eigenvalue weighted by Gasteiger charge is 2.14. The molecule has 0 fully saturated rings. The van der Waals surface area contributed by atoms with Crippen molar-refractivity contribution in [1.29, 1.82) is 0 Å².